The summed E-state index contributed by atoms with van der Waals surface area (Å²) >= 11 is 4.55. The van der Waals surface area contributed by atoms with Gasteiger partial charge in [0.1, 0.15) is 0 Å². The zero-order chi connectivity index (χ0) is 14.4. The molecule has 112 valence electrons. The van der Waals surface area contributed by atoms with Crippen molar-refractivity contribution < 1.29 is 0 Å². The summed E-state index contributed by atoms with van der Waals surface area (Å²) in [4.78, 5) is 5.12. The zero-order valence-electron chi connectivity index (χ0n) is 12.8. The molecular formula is C17H28N2S. The van der Waals surface area contributed by atoms with Crippen molar-refractivity contribution in [2.24, 2.45) is 5.92 Å². The Bertz CT molecular complexity index is 382. The molecule has 0 N–H and O–H groups in total. The molecule has 1 aliphatic rings. The molecule has 2 unspecified atom stereocenters. The number of thiol groups is 1. The molecule has 1 aromatic carbocycles. The zero-order valence-corrected chi connectivity index (χ0v) is 13.7. The lowest BCUT2D eigenvalue weighted by Gasteiger charge is -2.41. The van der Waals surface area contributed by atoms with Crippen molar-refractivity contribution in [3.05, 3.63) is 35.9 Å². The van der Waals surface area contributed by atoms with Gasteiger partial charge in [-0.2, -0.15) is 12.6 Å². The Morgan fingerprint density at radius 1 is 1.25 bits per heavy atom. The molecular weight excluding hydrogens is 264 g/mol. The second-order valence-corrected chi connectivity index (χ2v) is 6.39. The molecule has 1 heterocycles. The van der Waals surface area contributed by atoms with Crippen molar-refractivity contribution in [1.29, 1.82) is 0 Å². The van der Waals surface area contributed by atoms with Crippen LogP contribution in [0.25, 0.3) is 0 Å². The first-order chi connectivity index (χ1) is 9.74. The van der Waals surface area contributed by atoms with Gasteiger partial charge in [-0.15, -0.1) is 0 Å². The van der Waals surface area contributed by atoms with Crippen molar-refractivity contribution in [1.82, 2.24) is 9.80 Å². The lowest BCUT2D eigenvalue weighted by Crippen LogP contribution is -2.48. The van der Waals surface area contributed by atoms with Gasteiger partial charge >= 0.3 is 0 Å². The van der Waals surface area contributed by atoms with Crippen molar-refractivity contribution in [2.75, 3.05) is 39.0 Å². The summed E-state index contributed by atoms with van der Waals surface area (Å²) in [5.41, 5.74) is 1.45. The smallest absolute Gasteiger partial charge is 0.0475 e. The molecule has 0 aliphatic carbocycles. The predicted molar refractivity (Wildman–Crippen MR) is 90.5 cm³/mol. The number of benzene rings is 1. The topological polar surface area (TPSA) is 6.48 Å². The number of nitrogens with zero attached hydrogens (tertiary/aromatic N) is 2. The Kier molecular flexibility index (Phi) is 6.40. The van der Waals surface area contributed by atoms with Crippen molar-refractivity contribution in [3.63, 3.8) is 0 Å². The molecule has 2 rings (SSSR count). The van der Waals surface area contributed by atoms with Crippen LogP contribution in [0.15, 0.2) is 30.3 Å². The normalized spacial score (nSPS) is 22.9. The number of piperazine rings is 1. The highest BCUT2D eigenvalue weighted by Crippen LogP contribution is 2.26. The van der Waals surface area contributed by atoms with Gasteiger partial charge in [0.05, 0.1) is 0 Å². The van der Waals surface area contributed by atoms with Gasteiger partial charge in [-0.05, 0) is 30.7 Å². The molecule has 0 aromatic heterocycles. The molecule has 2 nitrogen and oxygen atoms in total. The van der Waals surface area contributed by atoms with Crippen LogP contribution < -0.4 is 0 Å². The molecule has 0 spiro atoms. The van der Waals surface area contributed by atoms with E-state index in [1.807, 2.05) is 0 Å². The van der Waals surface area contributed by atoms with E-state index in [1.165, 1.54) is 38.0 Å². The Balaban J connectivity index is 2.08. The molecule has 3 heteroatoms. The molecule has 2 atom stereocenters. The third-order valence-electron chi connectivity index (χ3n) is 4.33. The van der Waals surface area contributed by atoms with Crippen LogP contribution in [-0.4, -0.2) is 48.8 Å². The quantitative estimate of drug-likeness (QED) is 0.804. The van der Waals surface area contributed by atoms with E-state index in [1.54, 1.807) is 0 Å². The number of hydrogen-bond acceptors (Lipinski definition) is 3. The highest BCUT2D eigenvalue weighted by atomic mass is 32.1. The predicted octanol–water partition coefficient (Wildman–Crippen LogP) is 3.32. The van der Waals surface area contributed by atoms with Gasteiger partial charge in [-0.3, -0.25) is 4.90 Å². The van der Waals surface area contributed by atoms with Crippen LogP contribution in [0.5, 0.6) is 0 Å². The summed E-state index contributed by atoms with van der Waals surface area (Å²) < 4.78 is 0. The average molecular weight is 292 g/mol. The fourth-order valence-electron chi connectivity index (χ4n) is 3.15. The number of hydrogen-bond donors (Lipinski definition) is 1. The summed E-state index contributed by atoms with van der Waals surface area (Å²) in [6.07, 6.45) is 2.55. The monoisotopic (exact) mass is 292 g/mol. The molecule has 1 saturated heterocycles. The lowest BCUT2D eigenvalue weighted by atomic mass is 9.99. The van der Waals surface area contributed by atoms with Crippen LogP contribution >= 0.6 is 12.6 Å². The van der Waals surface area contributed by atoms with E-state index < -0.39 is 0 Å². The maximum atomic E-state index is 4.55. The molecule has 1 aromatic rings. The number of rotatable bonds is 6. The number of likely N-dealkylation sites (N-methyl/N-ethyl adjacent to an activating group) is 1. The van der Waals surface area contributed by atoms with Crippen LogP contribution in [0.2, 0.25) is 0 Å². The minimum absolute atomic E-state index is 0.536. The van der Waals surface area contributed by atoms with Gasteiger partial charge < -0.3 is 4.90 Å². The summed E-state index contributed by atoms with van der Waals surface area (Å²) in [5.74, 6) is 1.72. The molecule has 20 heavy (non-hydrogen) atoms. The van der Waals surface area contributed by atoms with Gasteiger partial charge in [-0.25, -0.2) is 0 Å². The van der Waals surface area contributed by atoms with Gasteiger partial charge in [0.25, 0.3) is 0 Å². The molecule has 1 fully saturated rings. The van der Waals surface area contributed by atoms with Crippen molar-refractivity contribution in [3.8, 4) is 0 Å². The molecule has 1 aliphatic heterocycles. The van der Waals surface area contributed by atoms with E-state index in [2.05, 4.69) is 66.7 Å². The second kappa shape index (κ2) is 8.06. The minimum Gasteiger partial charge on any atom is -0.303 e. The van der Waals surface area contributed by atoms with Gasteiger partial charge in [0.2, 0.25) is 0 Å². The molecule has 0 bridgehead atoms. The van der Waals surface area contributed by atoms with Crippen LogP contribution in [-0.2, 0) is 0 Å². The maximum Gasteiger partial charge on any atom is 0.0475 e. The maximum absolute atomic E-state index is 4.55. The first-order valence-electron chi connectivity index (χ1n) is 7.83. The van der Waals surface area contributed by atoms with Gasteiger partial charge in [0, 0.05) is 32.2 Å². The van der Waals surface area contributed by atoms with Gasteiger partial charge in [0.15, 0.2) is 0 Å². The second-order valence-electron chi connectivity index (χ2n) is 6.02. The first kappa shape index (κ1) is 15.9. The Hall–Kier alpha value is -0.510. The summed E-state index contributed by atoms with van der Waals surface area (Å²) in [6, 6.07) is 11.5. The van der Waals surface area contributed by atoms with E-state index in [0.717, 1.165) is 18.2 Å². The molecule has 0 radical (unpaired) electrons. The van der Waals surface area contributed by atoms with E-state index >= 15 is 0 Å². The summed E-state index contributed by atoms with van der Waals surface area (Å²) in [5, 5.41) is 0. The molecule has 0 amide bonds. The van der Waals surface area contributed by atoms with E-state index in [9.17, 15) is 0 Å². The van der Waals surface area contributed by atoms with Crippen LogP contribution in [0.3, 0.4) is 0 Å². The highest BCUT2D eigenvalue weighted by Gasteiger charge is 2.27. The minimum atomic E-state index is 0.536. The Morgan fingerprint density at radius 3 is 2.65 bits per heavy atom. The third kappa shape index (κ3) is 4.24. The summed E-state index contributed by atoms with van der Waals surface area (Å²) in [6.45, 7) is 6.94. The van der Waals surface area contributed by atoms with E-state index in [4.69, 9.17) is 0 Å². The molecule has 0 saturated carbocycles. The lowest BCUT2D eigenvalue weighted by molar-refractivity contribution is 0.0766. The fourth-order valence-corrected chi connectivity index (χ4v) is 3.45. The standard InChI is InChI=1S/C17H28N2S/c1-3-7-15(14-20)12-19-11-10-18(2)13-17(19)16-8-5-4-6-9-16/h4-6,8-9,15,17,20H,3,7,10-14H2,1-2H3. The highest BCUT2D eigenvalue weighted by molar-refractivity contribution is 7.80. The average Bonchev–Trinajstić information content (AvgIpc) is 2.49. The third-order valence-corrected chi connectivity index (χ3v) is 4.84. The SMILES string of the molecule is CCCC(CS)CN1CCN(C)CC1c1ccccc1. The fraction of sp³-hybridized carbons (Fsp3) is 0.647. The van der Waals surface area contributed by atoms with Crippen molar-refractivity contribution in [2.45, 2.75) is 25.8 Å². The Morgan fingerprint density at radius 2 is 2.00 bits per heavy atom. The van der Waals surface area contributed by atoms with Gasteiger partial charge in [-0.1, -0.05) is 43.7 Å². The summed E-state index contributed by atoms with van der Waals surface area (Å²) in [7, 11) is 2.23. The largest absolute Gasteiger partial charge is 0.303 e. The van der Waals surface area contributed by atoms with Crippen LogP contribution in [0, 0.1) is 5.92 Å². The van der Waals surface area contributed by atoms with E-state index in [0.29, 0.717) is 6.04 Å². The Labute approximate surface area is 129 Å². The first-order valence-corrected chi connectivity index (χ1v) is 8.46. The van der Waals surface area contributed by atoms with Crippen LogP contribution in [0.1, 0.15) is 31.4 Å². The van der Waals surface area contributed by atoms with E-state index in [-0.39, 0.29) is 0 Å². The van der Waals surface area contributed by atoms with Crippen molar-refractivity contribution >= 4 is 12.6 Å². The van der Waals surface area contributed by atoms with Crippen LogP contribution in [0.4, 0.5) is 0 Å².